The predicted octanol–water partition coefficient (Wildman–Crippen LogP) is 4.84. The first-order valence-corrected chi connectivity index (χ1v) is 14.1. The van der Waals surface area contributed by atoms with E-state index in [0.717, 1.165) is 25.9 Å². The van der Waals surface area contributed by atoms with Crippen molar-refractivity contribution in [3.8, 4) is 0 Å². The fraction of sp³-hybridized carbons (Fsp3) is 0.636. The Labute approximate surface area is 227 Å². The lowest BCUT2D eigenvalue weighted by molar-refractivity contribution is -0.789. The fourth-order valence-electron chi connectivity index (χ4n) is 7.09. The second kappa shape index (κ2) is 12.0. The molecular formula is C33H50ClNO. The van der Waals surface area contributed by atoms with E-state index < -0.39 is 0 Å². The molecule has 3 heteroatoms. The molecule has 1 N–H and O–H groups in total. The number of hydrogen-bond donors (Lipinski definition) is 1. The Bertz CT molecular complexity index is 943. The first-order chi connectivity index (χ1) is 16.6. The highest BCUT2D eigenvalue weighted by atomic mass is 35.5. The first-order valence-electron chi connectivity index (χ1n) is 14.1. The Morgan fingerprint density at radius 3 is 1.67 bits per heavy atom. The minimum absolute atomic E-state index is 0. The molecule has 2 nitrogen and oxygen atoms in total. The van der Waals surface area contributed by atoms with Gasteiger partial charge in [0.25, 0.3) is 0 Å². The Hall–Kier alpha value is -1.35. The van der Waals surface area contributed by atoms with Gasteiger partial charge in [-0.2, -0.15) is 0 Å². The molecule has 0 bridgehead atoms. The van der Waals surface area contributed by atoms with Crippen molar-refractivity contribution in [2.75, 3.05) is 6.61 Å². The van der Waals surface area contributed by atoms with Gasteiger partial charge < -0.3 is 17.1 Å². The van der Waals surface area contributed by atoms with E-state index in [-0.39, 0.29) is 12.4 Å². The molecule has 0 saturated carbocycles. The van der Waals surface area contributed by atoms with Crippen LogP contribution in [0.4, 0.5) is 0 Å². The number of hydrogen-bond acceptors (Lipinski definition) is 1. The zero-order valence-electron chi connectivity index (χ0n) is 23.9. The van der Waals surface area contributed by atoms with E-state index in [1.807, 2.05) is 0 Å². The summed E-state index contributed by atoms with van der Waals surface area (Å²) >= 11 is 0. The third-order valence-electron chi connectivity index (χ3n) is 9.63. The quantitative estimate of drug-likeness (QED) is 0.364. The van der Waals surface area contributed by atoms with Crippen LogP contribution < -0.4 is 17.3 Å². The van der Waals surface area contributed by atoms with Crippen molar-refractivity contribution in [1.82, 2.24) is 0 Å². The molecule has 5 atom stereocenters. The van der Waals surface area contributed by atoms with Crippen molar-refractivity contribution in [3.05, 3.63) is 70.3 Å². The van der Waals surface area contributed by atoms with Crippen LogP contribution in [0.25, 0.3) is 0 Å². The molecule has 36 heavy (non-hydrogen) atoms. The number of halogens is 1. The smallest absolute Gasteiger partial charge is 0.119 e. The van der Waals surface area contributed by atoms with E-state index in [9.17, 15) is 0 Å². The van der Waals surface area contributed by atoms with Crippen LogP contribution in [-0.4, -0.2) is 12.7 Å². The predicted molar refractivity (Wildman–Crippen MR) is 149 cm³/mol. The Morgan fingerprint density at radius 2 is 1.25 bits per heavy atom. The summed E-state index contributed by atoms with van der Waals surface area (Å²) in [7, 11) is 0. The molecule has 0 aromatic carbocycles. The lowest BCUT2D eigenvalue weighted by Crippen LogP contribution is -3.08. The molecule has 0 aromatic heterocycles. The van der Waals surface area contributed by atoms with Gasteiger partial charge in [-0.25, -0.2) is 4.90 Å². The van der Waals surface area contributed by atoms with Crippen molar-refractivity contribution < 1.29 is 22.0 Å². The molecule has 1 saturated heterocycles. The van der Waals surface area contributed by atoms with Gasteiger partial charge in [0, 0.05) is 18.8 Å². The molecule has 1 heterocycles. The third-order valence-corrected chi connectivity index (χ3v) is 9.63. The fourth-order valence-corrected chi connectivity index (χ4v) is 7.09. The minimum Gasteiger partial charge on any atom is -1.00 e. The van der Waals surface area contributed by atoms with E-state index in [0.29, 0.717) is 29.8 Å². The Balaban J connectivity index is 0.00000361. The molecular weight excluding hydrogens is 462 g/mol. The monoisotopic (exact) mass is 511 g/mol. The van der Waals surface area contributed by atoms with Crippen molar-refractivity contribution in [1.29, 1.82) is 0 Å². The molecule has 200 valence electrons. The summed E-state index contributed by atoms with van der Waals surface area (Å²) < 4.78 is 5.82. The van der Waals surface area contributed by atoms with Gasteiger partial charge in [-0.05, 0) is 121 Å². The molecule has 1 aliphatic heterocycles. The van der Waals surface area contributed by atoms with Gasteiger partial charge >= 0.3 is 0 Å². The second-order valence-corrected chi connectivity index (χ2v) is 12.4. The van der Waals surface area contributed by atoms with Gasteiger partial charge in [-0.15, -0.1) is 0 Å². The van der Waals surface area contributed by atoms with Crippen LogP contribution in [0.5, 0.6) is 0 Å². The third kappa shape index (κ3) is 6.20. The molecule has 0 radical (unpaired) electrons. The number of quaternary nitrogens is 1. The highest BCUT2D eigenvalue weighted by Crippen LogP contribution is 2.43. The normalized spacial score (nSPS) is 30.9. The minimum atomic E-state index is 0. The number of epoxide rings is 1. The number of ether oxygens (including phenoxy) is 1. The molecule has 4 aliphatic rings. The molecule has 4 rings (SSSR count). The van der Waals surface area contributed by atoms with E-state index >= 15 is 0 Å². The van der Waals surface area contributed by atoms with Crippen molar-refractivity contribution >= 4 is 0 Å². The average molecular weight is 512 g/mol. The summed E-state index contributed by atoms with van der Waals surface area (Å²) in [6.07, 6.45) is 11.2. The van der Waals surface area contributed by atoms with E-state index in [1.54, 1.807) is 38.7 Å². The molecule has 0 amide bonds. The van der Waals surface area contributed by atoms with Crippen LogP contribution in [0, 0.1) is 23.7 Å². The van der Waals surface area contributed by atoms with Gasteiger partial charge in [0.15, 0.2) is 0 Å². The van der Waals surface area contributed by atoms with Crippen LogP contribution in [0.3, 0.4) is 0 Å². The maximum atomic E-state index is 5.82. The Morgan fingerprint density at radius 1 is 0.778 bits per heavy atom. The van der Waals surface area contributed by atoms with Gasteiger partial charge in [-0.3, -0.25) is 0 Å². The topological polar surface area (TPSA) is 17.0 Å². The van der Waals surface area contributed by atoms with Crippen LogP contribution in [0.2, 0.25) is 0 Å². The maximum Gasteiger partial charge on any atom is 0.119 e. The highest BCUT2D eigenvalue weighted by Gasteiger charge is 2.45. The van der Waals surface area contributed by atoms with Crippen molar-refractivity contribution in [2.24, 2.45) is 23.7 Å². The van der Waals surface area contributed by atoms with E-state index in [4.69, 9.17) is 4.74 Å². The summed E-state index contributed by atoms with van der Waals surface area (Å²) in [5.74, 6) is 2.25. The van der Waals surface area contributed by atoms with Gasteiger partial charge in [0.1, 0.15) is 17.1 Å². The maximum absolute atomic E-state index is 5.82. The molecule has 0 spiro atoms. The van der Waals surface area contributed by atoms with Crippen molar-refractivity contribution in [3.63, 3.8) is 0 Å². The van der Waals surface area contributed by atoms with Crippen LogP contribution >= 0.6 is 0 Å². The zero-order valence-corrected chi connectivity index (χ0v) is 24.6. The molecule has 0 aromatic rings. The summed E-state index contributed by atoms with van der Waals surface area (Å²) in [4.78, 5) is 1.63. The SMILES string of the molecule is C=C(C)[C@@H]1CCC(C)=C([NH+](C2=C(C)CC[C@@H](C(=C)C)C2)C2=C(C)CC[C@@H](C(=C)C)C2CC2CO2)C1.[Cl-]. The lowest BCUT2D eigenvalue weighted by Gasteiger charge is -2.42. The average Bonchev–Trinajstić information content (AvgIpc) is 3.61. The zero-order chi connectivity index (χ0) is 25.4. The number of allylic oxidation sites excluding steroid dienone is 9. The van der Waals surface area contributed by atoms with Crippen molar-refractivity contribution in [2.45, 2.75) is 105 Å². The van der Waals surface area contributed by atoms with Crippen LogP contribution in [0.1, 0.15) is 99.3 Å². The summed E-state index contributed by atoms with van der Waals surface area (Å²) in [5, 5.41) is 0. The second-order valence-electron chi connectivity index (χ2n) is 12.4. The van der Waals surface area contributed by atoms with Gasteiger partial charge in [0.05, 0.1) is 12.7 Å². The van der Waals surface area contributed by atoms with E-state index in [2.05, 4.69) is 61.3 Å². The first kappa shape index (κ1) is 29.2. The lowest BCUT2D eigenvalue weighted by atomic mass is 9.71. The molecule has 3 aliphatic carbocycles. The number of rotatable bonds is 8. The largest absolute Gasteiger partial charge is 1.00 e. The Kier molecular flexibility index (Phi) is 9.75. The van der Waals surface area contributed by atoms with Gasteiger partial charge in [0.2, 0.25) is 0 Å². The van der Waals surface area contributed by atoms with E-state index in [1.165, 1.54) is 55.2 Å². The standard InChI is InChI=1S/C33H49NO.ClH/c1-20(2)26-13-10-23(7)31(16-26)34(32-17-27(21(3)4)14-11-24(32)8)33-25(9)12-15-29(22(5)6)30(33)18-28-19-35-28;/h26-30H,1,3,5,10-19H2,2,4,6-9H3;1H/t26-,27-,28?,29+,30?;/m1./s1. The highest BCUT2D eigenvalue weighted by molar-refractivity contribution is 5.27. The number of nitrogens with one attached hydrogen (secondary N) is 1. The van der Waals surface area contributed by atoms with Gasteiger partial charge in [-0.1, -0.05) is 36.5 Å². The summed E-state index contributed by atoms with van der Waals surface area (Å²) in [6, 6.07) is 0. The summed E-state index contributed by atoms with van der Waals surface area (Å²) in [5.41, 5.74) is 13.8. The van der Waals surface area contributed by atoms with Crippen LogP contribution in [0.15, 0.2) is 70.3 Å². The molecule has 2 unspecified atom stereocenters. The molecule has 1 fully saturated rings. The summed E-state index contributed by atoms with van der Waals surface area (Å²) in [6.45, 7) is 28.2. The van der Waals surface area contributed by atoms with Crippen LogP contribution in [-0.2, 0) is 4.74 Å².